The van der Waals surface area contributed by atoms with Crippen molar-refractivity contribution in [2.24, 2.45) is 0 Å². The van der Waals surface area contributed by atoms with E-state index in [0.717, 1.165) is 18.7 Å². The number of nitrogens with zero attached hydrogens (tertiary/aromatic N) is 1. The molecule has 114 valence electrons. The number of likely N-dealkylation sites (N-methyl/N-ethyl adjacent to an activating group) is 1. The van der Waals surface area contributed by atoms with Gasteiger partial charge >= 0.3 is 5.97 Å². The molecule has 0 radical (unpaired) electrons. The number of carbonyl (C=O) groups excluding carboxylic acids is 1. The fraction of sp³-hybridized carbons (Fsp3) is 0.500. The van der Waals surface area contributed by atoms with Crippen LogP contribution < -0.4 is 5.32 Å². The van der Waals surface area contributed by atoms with E-state index in [9.17, 15) is 9.59 Å². The molecule has 1 aromatic rings. The first-order valence-electron chi connectivity index (χ1n) is 7.25. The van der Waals surface area contributed by atoms with E-state index in [1.165, 1.54) is 4.90 Å². The summed E-state index contributed by atoms with van der Waals surface area (Å²) >= 11 is 0. The minimum absolute atomic E-state index is 0.106. The minimum Gasteiger partial charge on any atom is -0.480 e. The van der Waals surface area contributed by atoms with Crippen LogP contribution in [0.5, 0.6) is 0 Å². The molecule has 1 aromatic carbocycles. The predicted octanol–water partition coefficient (Wildman–Crippen LogP) is 1.24. The van der Waals surface area contributed by atoms with Crippen molar-refractivity contribution in [3.05, 3.63) is 35.9 Å². The van der Waals surface area contributed by atoms with Crippen molar-refractivity contribution in [3.63, 3.8) is 0 Å². The van der Waals surface area contributed by atoms with Gasteiger partial charge in [-0.2, -0.15) is 0 Å². The van der Waals surface area contributed by atoms with Crippen LogP contribution in [-0.2, 0) is 15.0 Å². The number of carbonyl (C=O) groups is 2. The van der Waals surface area contributed by atoms with Gasteiger partial charge in [0.05, 0.1) is 5.41 Å². The highest BCUT2D eigenvalue weighted by Gasteiger charge is 2.44. The smallest absolute Gasteiger partial charge is 0.326 e. The van der Waals surface area contributed by atoms with Gasteiger partial charge in [0.15, 0.2) is 0 Å². The second kappa shape index (κ2) is 6.26. The number of hydrogen-bond donors (Lipinski definition) is 2. The van der Waals surface area contributed by atoms with E-state index in [0.29, 0.717) is 12.8 Å². The summed E-state index contributed by atoms with van der Waals surface area (Å²) < 4.78 is 0. The first-order chi connectivity index (χ1) is 9.99. The second-order valence-electron chi connectivity index (χ2n) is 5.63. The maximum absolute atomic E-state index is 13.0. The van der Waals surface area contributed by atoms with Crippen LogP contribution in [-0.4, -0.2) is 48.1 Å². The molecule has 0 aromatic heterocycles. The fourth-order valence-electron chi connectivity index (χ4n) is 2.92. The fourth-order valence-corrected chi connectivity index (χ4v) is 2.92. The van der Waals surface area contributed by atoms with Gasteiger partial charge in [0.2, 0.25) is 5.91 Å². The Morgan fingerprint density at radius 1 is 1.24 bits per heavy atom. The predicted molar refractivity (Wildman–Crippen MR) is 80.1 cm³/mol. The highest BCUT2D eigenvalue weighted by atomic mass is 16.4. The minimum atomic E-state index is -0.983. The molecule has 2 rings (SSSR count). The van der Waals surface area contributed by atoms with Crippen LogP contribution in [0.2, 0.25) is 0 Å². The summed E-state index contributed by atoms with van der Waals surface area (Å²) in [4.78, 5) is 25.5. The van der Waals surface area contributed by atoms with E-state index in [-0.39, 0.29) is 5.91 Å². The van der Waals surface area contributed by atoms with Crippen LogP contribution in [0, 0.1) is 0 Å². The molecule has 0 spiro atoms. The summed E-state index contributed by atoms with van der Waals surface area (Å²) in [6.07, 6.45) is 1.37. The van der Waals surface area contributed by atoms with Gasteiger partial charge in [-0.1, -0.05) is 30.3 Å². The third kappa shape index (κ3) is 2.93. The zero-order chi connectivity index (χ0) is 15.5. The summed E-state index contributed by atoms with van der Waals surface area (Å²) in [6.45, 7) is 3.06. The molecule has 0 saturated carbocycles. The molecule has 1 aliphatic heterocycles. The number of rotatable bonds is 4. The van der Waals surface area contributed by atoms with Gasteiger partial charge in [0.25, 0.3) is 0 Å². The average molecular weight is 290 g/mol. The first kappa shape index (κ1) is 15.5. The zero-order valence-corrected chi connectivity index (χ0v) is 12.5. The van der Waals surface area contributed by atoms with Gasteiger partial charge < -0.3 is 15.3 Å². The number of hydrogen-bond acceptors (Lipinski definition) is 3. The van der Waals surface area contributed by atoms with Crippen molar-refractivity contribution in [3.8, 4) is 0 Å². The molecule has 0 bridgehead atoms. The van der Waals surface area contributed by atoms with Gasteiger partial charge in [-0.05, 0) is 38.4 Å². The third-order valence-electron chi connectivity index (χ3n) is 4.45. The van der Waals surface area contributed by atoms with Gasteiger partial charge in [0.1, 0.15) is 6.04 Å². The maximum atomic E-state index is 13.0. The highest BCUT2D eigenvalue weighted by molar-refractivity contribution is 5.91. The third-order valence-corrected chi connectivity index (χ3v) is 4.45. The highest BCUT2D eigenvalue weighted by Crippen LogP contribution is 2.35. The van der Waals surface area contributed by atoms with Crippen molar-refractivity contribution in [1.82, 2.24) is 10.2 Å². The lowest BCUT2D eigenvalue weighted by Gasteiger charge is -2.40. The van der Waals surface area contributed by atoms with Crippen molar-refractivity contribution in [2.75, 3.05) is 20.1 Å². The molecule has 1 unspecified atom stereocenters. The van der Waals surface area contributed by atoms with Gasteiger partial charge in [-0.25, -0.2) is 4.79 Å². The van der Waals surface area contributed by atoms with Crippen LogP contribution in [0.4, 0.5) is 0 Å². The number of piperidine rings is 1. The number of carboxylic acid groups (broad SMARTS) is 1. The SMILES string of the molecule is CC(C(=O)O)N(C)C(=O)C1(c2ccccc2)CCNCC1. The number of nitrogens with one attached hydrogen (secondary N) is 1. The zero-order valence-electron chi connectivity index (χ0n) is 12.5. The van der Waals surface area contributed by atoms with Crippen LogP contribution in [0.1, 0.15) is 25.3 Å². The molecule has 2 N–H and O–H groups in total. The Kier molecular flexibility index (Phi) is 4.63. The largest absolute Gasteiger partial charge is 0.480 e. The topological polar surface area (TPSA) is 69.6 Å². The molecular weight excluding hydrogens is 268 g/mol. The van der Waals surface area contributed by atoms with Crippen molar-refractivity contribution < 1.29 is 14.7 Å². The molecule has 1 heterocycles. The Balaban J connectivity index is 2.37. The van der Waals surface area contributed by atoms with Crippen molar-refractivity contribution >= 4 is 11.9 Å². The monoisotopic (exact) mass is 290 g/mol. The van der Waals surface area contributed by atoms with Crippen molar-refractivity contribution in [2.45, 2.75) is 31.2 Å². The van der Waals surface area contributed by atoms with E-state index >= 15 is 0 Å². The average Bonchev–Trinajstić information content (AvgIpc) is 2.54. The number of aliphatic carboxylic acids is 1. The molecule has 1 saturated heterocycles. The number of benzene rings is 1. The van der Waals surface area contributed by atoms with Crippen LogP contribution in [0.3, 0.4) is 0 Å². The summed E-state index contributed by atoms with van der Waals surface area (Å²) in [6, 6.07) is 8.87. The molecule has 1 atom stereocenters. The molecule has 1 aliphatic rings. The molecule has 5 heteroatoms. The molecule has 0 aliphatic carbocycles. The molecular formula is C16H22N2O3. The van der Waals surface area contributed by atoms with Crippen LogP contribution >= 0.6 is 0 Å². The van der Waals surface area contributed by atoms with Crippen LogP contribution in [0.15, 0.2) is 30.3 Å². The van der Waals surface area contributed by atoms with E-state index in [1.54, 1.807) is 14.0 Å². The standard InChI is InChI=1S/C16H22N2O3/c1-12(14(19)20)18(2)15(21)16(8-10-17-11-9-16)13-6-4-3-5-7-13/h3-7,12,17H,8-11H2,1-2H3,(H,19,20). The molecule has 21 heavy (non-hydrogen) atoms. The quantitative estimate of drug-likeness (QED) is 0.875. The number of amides is 1. The van der Waals surface area contributed by atoms with E-state index in [2.05, 4.69) is 5.32 Å². The summed E-state index contributed by atoms with van der Waals surface area (Å²) in [5.74, 6) is -1.09. The first-order valence-corrected chi connectivity index (χ1v) is 7.25. The molecule has 5 nitrogen and oxygen atoms in total. The Bertz CT molecular complexity index is 510. The molecule has 1 amide bonds. The van der Waals surface area contributed by atoms with E-state index in [1.807, 2.05) is 30.3 Å². The molecule has 1 fully saturated rings. The lowest BCUT2D eigenvalue weighted by Crippen LogP contribution is -2.54. The van der Waals surface area contributed by atoms with Gasteiger partial charge in [0, 0.05) is 7.05 Å². The lowest BCUT2D eigenvalue weighted by atomic mass is 9.72. The summed E-state index contributed by atoms with van der Waals surface area (Å²) in [5.41, 5.74) is 0.353. The van der Waals surface area contributed by atoms with Crippen LogP contribution in [0.25, 0.3) is 0 Å². The Morgan fingerprint density at radius 2 is 1.81 bits per heavy atom. The maximum Gasteiger partial charge on any atom is 0.326 e. The number of carboxylic acids is 1. The summed E-state index contributed by atoms with van der Waals surface area (Å²) in [5, 5.41) is 12.4. The van der Waals surface area contributed by atoms with Crippen molar-refractivity contribution in [1.29, 1.82) is 0 Å². The van der Waals surface area contributed by atoms with E-state index in [4.69, 9.17) is 5.11 Å². The normalized spacial score (nSPS) is 18.8. The second-order valence-corrected chi connectivity index (χ2v) is 5.63. The Labute approximate surface area is 125 Å². The lowest BCUT2D eigenvalue weighted by molar-refractivity contribution is -0.151. The summed E-state index contributed by atoms with van der Waals surface area (Å²) in [7, 11) is 1.58. The Morgan fingerprint density at radius 3 is 2.33 bits per heavy atom. The Hall–Kier alpha value is -1.88. The van der Waals surface area contributed by atoms with Gasteiger partial charge in [-0.15, -0.1) is 0 Å². The van der Waals surface area contributed by atoms with Gasteiger partial charge in [-0.3, -0.25) is 4.79 Å². The van der Waals surface area contributed by atoms with E-state index < -0.39 is 17.4 Å².